The van der Waals surface area contributed by atoms with Crippen LogP contribution in [0, 0.1) is 5.82 Å². The van der Waals surface area contributed by atoms with Crippen molar-refractivity contribution < 1.29 is 18.7 Å². The Labute approximate surface area is 140 Å². The second kappa shape index (κ2) is 6.36. The summed E-state index contributed by atoms with van der Waals surface area (Å²) in [5.41, 5.74) is 1.31. The van der Waals surface area contributed by atoms with Crippen molar-refractivity contribution in [1.82, 2.24) is 9.80 Å². The molecule has 2 atom stereocenters. The first-order valence-corrected chi connectivity index (χ1v) is 8.19. The number of likely N-dealkylation sites (N-methyl/N-ethyl adjacent to an activating group) is 1. The number of hydrogen-bond acceptors (Lipinski definition) is 4. The zero-order valence-corrected chi connectivity index (χ0v) is 14.1. The number of amides is 2. The van der Waals surface area contributed by atoms with E-state index in [-0.39, 0.29) is 29.8 Å². The number of halogens is 1. The molecule has 2 aliphatic rings. The predicted octanol–water partition coefficient (Wildman–Crippen LogP) is 2.03. The Morgan fingerprint density at radius 2 is 1.67 bits per heavy atom. The number of nitrogens with zero attached hydrogens (tertiary/aromatic N) is 2. The Kier molecular flexibility index (Phi) is 4.41. The third-order valence-corrected chi connectivity index (χ3v) is 4.33. The van der Waals surface area contributed by atoms with Crippen LogP contribution in [0.3, 0.4) is 0 Å². The van der Waals surface area contributed by atoms with E-state index in [2.05, 4.69) is 0 Å². The quantitative estimate of drug-likeness (QED) is 0.795. The third kappa shape index (κ3) is 2.82. The van der Waals surface area contributed by atoms with E-state index in [0.29, 0.717) is 36.5 Å². The first-order chi connectivity index (χ1) is 11.4. The summed E-state index contributed by atoms with van der Waals surface area (Å²) in [6, 6.07) is 5.69. The lowest BCUT2D eigenvalue weighted by Crippen LogP contribution is -2.46. The van der Waals surface area contributed by atoms with E-state index in [4.69, 9.17) is 4.74 Å². The van der Waals surface area contributed by atoms with Crippen molar-refractivity contribution in [3.8, 4) is 0 Å². The van der Waals surface area contributed by atoms with Crippen molar-refractivity contribution in [2.45, 2.75) is 33.0 Å². The third-order valence-electron chi connectivity index (χ3n) is 4.33. The molecule has 0 saturated carbocycles. The molecule has 0 radical (unpaired) electrons. The maximum Gasteiger partial charge on any atom is 0.277 e. The highest BCUT2D eigenvalue weighted by Crippen LogP contribution is 2.33. The van der Waals surface area contributed by atoms with Crippen molar-refractivity contribution in [1.29, 1.82) is 0 Å². The highest BCUT2D eigenvalue weighted by molar-refractivity contribution is 6.35. The van der Waals surface area contributed by atoms with E-state index in [1.807, 2.05) is 18.7 Å². The maximum absolute atomic E-state index is 13.2. The molecule has 1 aromatic carbocycles. The van der Waals surface area contributed by atoms with Crippen molar-refractivity contribution in [3.63, 3.8) is 0 Å². The summed E-state index contributed by atoms with van der Waals surface area (Å²) in [4.78, 5) is 28.7. The molecule has 1 aromatic rings. The van der Waals surface area contributed by atoms with Crippen LogP contribution >= 0.6 is 0 Å². The summed E-state index contributed by atoms with van der Waals surface area (Å²) in [6.45, 7) is 7.05. The molecule has 0 bridgehead atoms. The smallest absolute Gasteiger partial charge is 0.277 e. The molecule has 2 aliphatic heterocycles. The Morgan fingerprint density at radius 1 is 1.08 bits per heavy atom. The summed E-state index contributed by atoms with van der Waals surface area (Å²) in [6.07, 6.45) is -0.0661. The van der Waals surface area contributed by atoms with E-state index in [0.717, 1.165) is 0 Å². The van der Waals surface area contributed by atoms with Crippen LogP contribution in [0.15, 0.2) is 30.0 Å². The number of imide groups is 1. The van der Waals surface area contributed by atoms with E-state index < -0.39 is 0 Å². The Hall–Kier alpha value is -2.21. The van der Waals surface area contributed by atoms with Crippen LogP contribution < -0.4 is 0 Å². The monoisotopic (exact) mass is 332 g/mol. The molecule has 0 spiro atoms. The summed E-state index contributed by atoms with van der Waals surface area (Å²) < 4.78 is 19.0. The van der Waals surface area contributed by atoms with Gasteiger partial charge in [-0.2, -0.15) is 0 Å². The van der Waals surface area contributed by atoms with Crippen molar-refractivity contribution in [2.24, 2.45) is 0 Å². The standard InChI is InChI=1S/C18H21FN2O3/c1-4-21-17(22)15(13-5-7-14(19)8-6-13)16(18(21)23)20-9-11(2)24-12(3)10-20/h5-8,11-12H,4,9-10H2,1-3H3. The zero-order valence-electron chi connectivity index (χ0n) is 14.1. The van der Waals surface area contributed by atoms with Crippen LogP contribution in [0.25, 0.3) is 5.57 Å². The fraction of sp³-hybridized carbons (Fsp3) is 0.444. The molecule has 24 heavy (non-hydrogen) atoms. The molecule has 2 amide bonds. The van der Waals surface area contributed by atoms with E-state index in [9.17, 15) is 14.0 Å². The topological polar surface area (TPSA) is 49.9 Å². The average Bonchev–Trinajstić information content (AvgIpc) is 2.77. The SMILES string of the molecule is CCN1C(=O)C(c2ccc(F)cc2)=C(N2CC(C)OC(C)C2)C1=O. The van der Waals surface area contributed by atoms with Crippen LogP contribution in [0.5, 0.6) is 0 Å². The molecule has 128 valence electrons. The molecular weight excluding hydrogens is 311 g/mol. The first kappa shape index (κ1) is 16.6. The maximum atomic E-state index is 13.2. The molecule has 1 fully saturated rings. The van der Waals surface area contributed by atoms with Gasteiger partial charge >= 0.3 is 0 Å². The van der Waals surface area contributed by atoms with Gasteiger partial charge in [0.2, 0.25) is 0 Å². The normalized spacial score (nSPS) is 25.0. The highest BCUT2D eigenvalue weighted by Gasteiger charge is 2.42. The van der Waals surface area contributed by atoms with Crippen LogP contribution in [0.2, 0.25) is 0 Å². The molecule has 0 aromatic heterocycles. The van der Waals surface area contributed by atoms with Gasteiger partial charge in [0, 0.05) is 19.6 Å². The van der Waals surface area contributed by atoms with E-state index >= 15 is 0 Å². The van der Waals surface area contributed by atoms with Crippen LogP contribution in [-0.4, -0.2) is 53.5 Å². The molecular formula is C18H21FN2O3. The summed E-state index contributed by atoms with van der Waals surface area (Å²) >= 11 is 0. The van der Waals surface area contributed by atoms with E-state index in [1.165, 1.54) is 17.0 Å². The molecule has 1 saturated heterocycles. The predicted molar refractivity (Wildman–Crippen MR) is 87.3 cm³/mol. The number of ether oxygens (including phenoxy) is 1. The number of rotatable bonds is 3. The van der Waals surface area contributed by atoms with Crippen molar-refractivity contribution in [2.75, 3.05) is 19.6 Å². The number of benzene rings is 1. The molecule has 0 aliphatic carbocycles. The van der Waals surface area contributed by atoms with Gasteiger partial charge in [-0.25, -0.2) is 4.39 Å². The molecule has 3 rings (SSSR count). The van der Waals surface area contributed by atoms with Crippen LogP contribution in [0.4, 0.5) is 4.39 Å². The minimum atomic E-state index is -0.376. The van der Waals surface area contributed by atoms with Gasteiger partial charge in [0.05, 0.1) is 17.8 Å². The lowest BCUT2D eigenvalue weighted by atomic mass is 10.0. The van der Waals surface area contributed by atoms with Crippen LogP contribution in [-0.2, 0) is 14.3 Å². The first-order valence-electron chi connectivity index (χ1n) is 8.19. The lowest BCUT2D eigenvalue weighted by molar-refractivity contribution is -0.138. The zero-order chi connectivity index (χ0) is 17.4. The largest absolute Gasteiger partial charge is 0.372 e. The summed E-state index contributed by atoms with van der Waals surface area (Å²) in [5.74, 6) is -0.988. The molecule has 6 heteroatoms. The fourth-order valence-corrected chi connectivity index (χ4v) is 3.38. The van der Waals surface area contributed by atoms with Crippen molar-refractivity contribution in [3.05, 3.63) is 41.3 Å². The van der Waals surface area contributed by atoms with Gasteiger partial charge in [0.25, 0.3) is 11.8 Å². The van der Waals surface area contributed by atoms with Gasteiger partial charge in [0.1, 0.15) is 11.5 Å². The van der Waals surface area contributed by atoms with Crippen molar-refractivity contribution >= 4 is 17.4 Å². The molecule has 2 unspecified atom stereocenters. The lowest BCUT2D eigenvalue weighted by Gasteiger charge is -2.37. The van der Waals surface area contributed by atoms with Gasteiger partial charge in [-0.15, -0.1) is 0 Å². The average molecular weight is 332 g/mol. The van der Waals surface area contributed by atoms with Gasteiger partial charge in [-0.1, -0.05) is 12.1 Å². The number of carbonyl (C=O) groups excluding carboxylic acids is 2. The number of hydrogen-bond donors (Lipinski definition) is 0. The summed E-state index contributed by atoms with van der Waals surface area (Å²) in [5, 5.41) is 0. The fourth-order valence-electron chi connectivity index (χ4n) is 3.38. The highest BCUT2D eigenvalue weighted by atomic mass is 19.1. The van der Waals surface area contributed by atoms with Crippen LogP contribution in [0.1, 0.15) is 26.3 Å². The van der Waals surface area contributed by atoms with E-state index in [1.54, 1.807) is 19.1 Å². The second-order valence-electron chi connectivity index (χ2n) is 6.25. The van der Waals surface area contributed by atoms with Gasteiger partial charge in [-0.3, -0.25) is 14.5 Å². The molecule has 5 nitrogen and oxygen atoms in total. The summed E-state index contributed by atoms with van der Waals surface area (Å²) in [7, 11) is 0. The molecule has 0 N–H and O–H groups in total. The molecule has 2 heterocycles. The Balaban J connectivity index is 2.09. The number of morpholine rings is 1. The Morgan fingerprint density at radius 3 is 2.21 bits per heavy atom. The second-order valence-corrected chi connectivity index (χ2v) is 6.25. The Bertz CT molecular complexity index is 689. The minimum absolute atomic E-state index is 0.0331. The van der Waals surface area contributed by atoms with Gasteiger partial charge in [0.15, 0.2) is 0 Å². The van der Waals surface area contributed by atoms with Gasteiger partial charge in [-0.05, 0) is 38.5 Å². The number of carbonyl (C=O) groups is 2. The minimum Gasteiger partial charge on any atom is -0.372 e. The van der Waals surface area contributed by atoms with Gasteiger partial charge < -0.3 is 9.64 Å².